The zero-order valence-corrected chi connectivity index (χ0v) is 17.9. The highest BCUT2D eigenvalue weighted by Crippen LogP contribution is 2.36. The number of aromatic amines is 1. The maximum absolute atomic E-state index is 14.0. The van der Waals surface area contributed by atoms with E-state index >= 15 is 0 Å². The number of aromatic nitrogens is 2. The van der Waals surface area contributed by atoms with E-state index in [1.807, 2.05) is 42.5 Å². The predicted octanol–water partition coefficient (Wildman–Crippen LogP) is 6.48. The van der Waals surface area contributed by atoms with E-state index in [4.69, 9.17) is 5.11 Å². The van der Waals surface area contributed by atoms with Gasteiger partial charge in [0.15, 0.2) is 0 Å². The van der Waals surface area contributed by atoms with Gasteiger partial charge in [-0.3, -0.25) is 5.10 Å². The Morgan fingerprint density at radius 2 is 1.75 bits per heavy atom. The van der Waals surface area contributed by atoms with Gasteiger partial charge < -0.3 is 5.11 Å². The molecule has 0 aliphatic carbocycles. The number of allylic oxidation sites excluding steroid dienone is 1. The lowest BCUT2D eigenvalue weighted by Crippen LogP contribution is -1.96. The predicted molar refractivity (Wildman–Crippen MR) is 127 cm³/mol. The molecule has 4 aromatic rings. The number of carbonyl (C=O) groups is 1. The molecule has 0 bridgehead atoms. The molecular formula is C27H23FN2O2. The van der Waals surface area contributed by atoms with Crippen molar-refractivity contribution in [1.82, 2.24) is 10.2 Å². The SMILES string of the molecule is CC/C(=C(/c1ccc(/C=C/C(=O)O)cc1)c1ccc2[nH]ncc2c1)c1ccc(F)c(C)c1. The summed E-state index contributed by atoms with van der Waals surface area (Å²) in [5.74, 6) is -1.21. The molecule has 5 heteroatoms. The Hall–Kier alpha value is -3.99. The summed E-state index contributed by atoms with van der Waals surface area (Å²) in [7, 11) is 0. The van der Waals surface area contributed by atoms with Crippen LogP contribution in [0.3, 0.4) is 0 Å². The lowest BCUT2D eigenvalue weighted by molar-refractivity contribution is -0.131. The Morgan fingerprint density at radius 3 is 2.44 bits per heavy atom. The van der Waals surface area contributed by atoms with Gasteiger partial charge in [-0.1, -0.05) is 43.3 Å². The number of fused-ring (bicyclic) bond motifs is 1. The summed E-state index contributed by atoms with van der Waals surface area (Å²) in [6.45, 7) is 3.86. The number of nitrogens with one attached hydrogen (secondary N) is 1. The van der Waals surface area contributed by atoms with Crippen LogP contribution in [0.15, 0.2) is 72.9 Å². The summed E-state index contributed by atoms with van der Waals surface area (Å²) in [4.78, 5) is 10.8. The second-order valence-electron chi connectivity index (χ2n) is 7.64. The summed E-state index contributed by atoms with van der Waals surface area (Å²) in [5, 5.41) is 17.0. The third-order valence-corrected chi connectivity index (χ3v) is 5.51. The van der Waals surface area contributed by atoms with Crippen LogP contribution in [0.1, 0.15) is 41.2 Å². The number of hydrogen-bond donors (Lipinski definition) is 2. The van der Waals surface area contributed by atoms with E-state index in [1.165, 1.54) is 6.07 Å². The molecule has 0 saturated heterocycles. The van der Waals surface area contributed by atoms with Crippen molar-refractivity contribution in [3.63, 3.8) is 0 Å². The molecule has 0 spiro atoms. The molecule has 2 N–H and O–H groups in total. The van der Waals surface area contributed by atoms with Gasteiger partial charge in [0.05, 0.1) is 11.7 Å². The van der Waals surface area contributed by atoms with Crippen LogP contribution in [0.2, 0.25) is 0 Å². The molecule has 0 atom stereocenters. The Morgan fingerprint density at radius 1 is 1.03 bits per heavy atom. The highest BCUT2D eigenvalue weighted by Gasteiger charge is 2.15. The lowest BCUT2D eigenvalue weighted by Gasteiger charge is -2.17. The number of nitrogens with zero attached hydrogens (tertiary/aromatic N) is 1. The summed E-state index contributed by atoms with van der Waals surface area (Å²) in [6.07, 6.45) is 5.24. The first-order valence-corrected chi connectivity index (χ1v) is 10.4. The van der Waals surface area contributed by atoms with Gasteiger partial charge >= 0.3 is 5.97 Å². The van der Waals surface area contributed by atoms with Gasteiger partial charge in [-0.05, 0) is 82.6 Å². The molecule has 160 valence electrons. The van der Waals surface area contributed by atoms with Crippen LogP contribution in [0.5, 0.6) is 0 Å². The van der Waals surface area contributed by atoms with Crippen LogP contribution < -0.4 is 0 Å². The number of hydrogen-bond acceptors (Lipinski definition) is 2. The van der Waals surface area contributed by atoms with Gasteiger partial charge in [-0.25, -0.2) is 9.18 Å². The standard InChI is InChI=1S/C27H23FN2O2/c1-3-23(20-9-11-24(28)17(2)14-20)27(21-10-12-25-22(15-21)16-29-30-25)19-7-4-18(5-8-19)6-13-26(31)32/h4-16H,3H2,1-2H3,(H,29,30)(H,31,32)/b13-6+,27-23+. The molecule has 0 aliphatic rings. The number of benzene rings is 3. The topological polar surface area (TPSA) is 66.0 Å². The van der Waals surface area contributed by atoms with Crippen LogP contribution in [-0.2, 0) is 4.79 Å². The lowest BCUT2D eigenvalue weighted by atomic mass is 9.87. The van der Waals surface area contributed by atoms with E-state index in [2.05, 4.69) is 29.3 Å². The van der Waals surface area contributed by atoms with Gasteiger partial charge in [0.25, 0.3) is 0 Å². The minimum absolute atomic E-state index is 0.222. The van der Waals surface area contributed by atoms with Gasteiger partial charge in [0.1, 0.15) is 5.82 Å². The van der Waals surface area contributed by atoms with Crippen molar-refractivity contribution in [1.29, 1.82) is 0 Å². The van der Waals surface area contributed by atoms with E-state index in [-0.39, 0.29) is 5.82 Å². The summed E-state index contributed by atoms with van der Waals surface area (Å²) >= 11 is 0. The van der Waals surface area contributed by atoms with E-state index in [9.17, 15) is 9.18 Å². The number of carboxylic acids is 1. The van der Waals surface area contributed by atoms with Crippen LogP contribution in [0, 0.1) is 12.7 Å². The summed E-state index contributed by atoms with van der Waals surface area (Å²) in [5.41, 5.74) is 7.52. The first-order chi connectivity index (χ1) is 15.5. The van der Waals surface area contributed by atoms with Crippen LogP contribution in [-0.4, -0.2) is 21.3 Å². The molecule has 4 rings (SSSR count). The monoisotopic (exact) mass is 426 g/mol. The fraction of sp³-hybridized carbons (Fsp3) is 0.111. The second-order valence-corrected chi connectivity index (χ2v) is 7.64. The quantitative estimate of drug-likeness (QED) is 0.274. The van der Waals surface area contributed by atoms with Gasteiger partial charge in [-0.2, -0.15) is 5.10 Å². The Labute approximate surface area is 185 Å². The normalized spacial score (nSPS) is 12.3. The number of halogens is 1. The molecule has 0 saturated carbocycles. The van der Waals surface area contributed by atoms with Crippen LogP contribution >= 0.6 is 0 Å². The highest BCUT2D eigenvalue weighted by atomic mass is 19.1. The van der Waals surface area contributed by atoms with E-state index in [0.717, 1.165) is 56.8 Å². The first kappa shape index (κ1) is 21.2. The van der Waals surface area contributed by atoms with Crippen molar-refractivity contribution >= 4 is 34.1 Å². The number of aliphatic carboxylic acids is 1. The Kier molecular flexibility index (Phi) is 5.99. The van der Waals surface area contributed by atoms with Gasteiger partial charge in [-0.15, -0.1) is 0 Å². The maximum atomic E-state index is 14.0. The third kappa shape index (κ3) is 4.37. The van der Waals surface area contributed by atoms with Crippen molar-refractivity contribution in [3.05, 3.63) is 107 Å². The molecule has 0 unspecified atom stereocenters. The molecule has 4 nitrogen and oxygen atoms in total. The maximum Gasteiger partial charge on any atom is 0.328 e. The fourth-order valence-electron chi connectivity index (χ4n) is 3.90. The second kappa shape index (κ2) is 9.02. The molecule has 0 amide bonds. The minimum atomic E-state index is -0.983. The summed E-state index contributed by atoms with van der Waals surface area (Å²) < 4.78 is 14.0. The molecule has 0 fully saturated rings. The van der Waals surface area contributed by atoms with Crippen LogP contribution in [0.4, 0.5) is 4.39 Å². The molecule has 1 aromatic heterocycles. The molecular weight excluding hydrogens is 403 g/mol. The Bertz CT molecular complexity index is 1350. The van der Waals surface area contributed by atoms with E-state index in [1.54, 1.807) is 19.2 Å². The average molecular weight is 426 g/mol. The molecule has 0 aliphatic heterocycles. The van der Waals surface area contributed by atoms with Gasteiger partial charge in [0, 0.05) is 11.5 Å². The molecule has 3 aromatic carbocycles. The largest absolute Gasteiger partial charge is 0.478 e. The molecule has 32 heavy (non-hydrogen) atoms. The Balaban J connectivity index is 1.92. The van der Waals surface area contributed by atoms with Crippen molar-refractivity contribution < 1.29 is 14.3 Å². The van der Waals surface area contributed by atoms with E-state index < -0.39 is 5.97 Å². The first-order valence-electron chi connectivity index (χ1n) is 10.4. The van der Waals surface area contributed by atoms with Crippen molar-refractivity contribution in [2.24, 2.45) is 0 Å². The van der Waals surface area contributed by atoms with E-state index in [0.29, 0.717) is 5.56 Å². The summed E-state index contributed by atoms with van der Waals surface area (Å²) in [6, 6.07) is 19.1. The highest BCUT2D eigenvalue weighted by molar-refractivity contribution is 6.00. The number of H-pyrrole nitrogens is 1. The van der Waals surface area contributed by atoms with Gasteiger partial charge in [0.2, 0.25) is 0 Å². The third-order valence-electron chi connectivity index (χ3n) is 5.51. The minimum Gasteiger partial charge on any atom is -0.478 e. The average Bonchev–Trinajstić information content (AvgIpc) is 3.26. The van der Waals surface area contributed by atoms with Crippen molar-refractivity contribution in [2.75, 3.05) is 0 Å². The van der Waals surface area contributed by atoms with Crippen molar-refractivity contribution in [2.45, 2.75) is 20.3 Å². The zero-order valence-electron chi connectivity index (χ0n) is 17.9. The number of carboxylic acid groups (broad SMARTS) is 1. The van der Waals surface area contributed by atoms with Crippen molar-refractivity contribution in [3.8, 4) is 0 Å². The molecule has 0 radical (unpaired) electrons. The smallest absolute Gasteiger partial charge is 0.328 e. The number of rotatable bonds is 6. The number of aryl methyl sites for hydroxylation is 1. The fourth-order valence-corrected chi connectivity index (χ4v) is 3.90. The zero-order chi connectivity index (χ0) is 22.7. The molecule has 1 heterocycles. The van der Waals surface area contributed by atoms with Crippen LogP contribution in [0.25, 0.3) is 28.1 Å².